The van der Waals surface area contributed by atoms with Crippen LogP contribution >= 0.6 is 11.3 Å². The maximum Gasteiger partial charge on any atom is 0.416 e. The van der Waals surface area contributed by atoms with E-state index < -0.39 is 11.7 Å². The lowest BCUT2D eigenvalue weighted by Crippen LogP contribution is -2.22. The van der Waals surface area contributed by atoms with Crippen LogP contribution in [0.3, 0.4) is 0 Å². The Hall–Kier alpha value is -1.40. The van der Waals surface area contributed by atoms with Gasteiger partial charge in [0.25, 0.3) is 0 Å². The zero-order chi connectivity index (χ0) is 14.6. The Morgan fingerprint density at radius 2 is 2.15 bits per heavy atom. The molecule has 0 spiro atoms. The van der Waals surface area contributed by atoms with E-state index in [9.17, 15) is 13.2 Å². The highest BCUT2D eigenvalue weighted by Crippen LogP contribution is 2.30. The summed E-state index contributed by atoms with van der Waals surface area (Å²) in [6, 6.07) is 5.48. The first-order valence-corrected chi connectivity index (χ1v) is 7.16. The molecule has 0 aliphatic rings. The summed E-state index contributed by atoms with van der Waals surface area (Å²) in [4.78, 5) is 5.05. The summed E-state index contributed by atoms with van der Waals surface area (Å²) in [5.41, 5.74) is 1.79. The summed E-state index contributed by atoms with van der Waals surface area (Å²) in [6.07, 6.45) is -2.03. The summed E-state index contributed by atoms with van der Waals surface area (Å²) in [5, 5.41) is 3.28. The Morgan fingerprint density at radius 1 is 1.35 bits per heavy atom. The molecule has 0 bridgehead atoms. The number of halogens is 3. The van der Waals surface area contributed by atoms with Crippen LogP contribution in [0.25, 0.3) is 0 Å². The minimum Gasteiger partial charge on any atom is -0.309 e. The van der Waals surface area contributed by atoms with E-state index in [-0.39, 0.29) is 6.04 Å². The lowest BCUT2D eigenvalue weighted by Gasteiger charge is -2.17. The standard InChI is InChI=1S/C14H15F3N2S/c1-2-19-12(13-8-18-9-20-13)7-10-4-3-5-11(6-10)14(15,16)17/h3-6,8-9,12,19H,2,7H2,1H3. The number of nitrogens with one attached hydrogen (secondary N) is 1. The zero-order valence-electron chi connectivity index (χ0n) is 10.9. The van der Waals surface area contributed by atoms with Gasteiger partial charge in [0.15, 0.2) is 0 Å². The van der Waals surface area contributed by atoms with Gasteiger partial charge >= 0.3 is 6.18 Å². The molecule has 1 atom stereocenters. The molecule has 0 saturated heterocycles. The van der Waals surface area contributed by atoms with Crippen molar-refractivity contribution in [2.24, 2.45) is 0 Å². The summed E-state index contributed by atoms with van der Waals surface area (Å²) >= 11 is 1.50. The second kappa shape index (κ2) is 6.37. The quantitative estimate of drug-likeness (QED) is 0.901. The van der Waals surface area contributed by atoms with Crippen LogP contribution < -0.4 is 5.32 Å². The highest BCUT2D eigenvalue weighted by atomic mass is 32.1. The molecular weight excluding hydrogens is 285 g/mol. The Balaban J connectivity index is 2.19. The molecule has 1 aromatic heterocycles. The van der Waals surface area contributed by atoms with E-state index in [1.165, 1.54) is 23.5 Å². The van der Waals surface area contributed by atoms with Crippen LogP contribution in [-0.4, -0.2) is 11.5 Å². The summed E-state index contributed by atoms with van der Waals surface area (Å²) in [6.45, 7) is 2.72. The first kappa shape index (κ1) is 15.0. The van der Waals surface area contributed by atoms with Crippen molar-refractivity contribution in [3.63, 3.8) is 0 Å². The number of hydrogen-bond donors (Lipinski definition) is 1. The fraction of sp³-hybridized carbons (Fsp3) is 0.357. The van der Waals surface area contributed by atoms with Crippen molar-refractivity contribution in [1.82, 2.24) is 10.3 Å². The molecule has 2 rings (SSSR count). The Labute approximate surface area is 119 Å². The Kier molecular flexibility index (Phi) is 4.77. The largest absolute Gasteiger partial charge is 0.416 e. The van der Waals surface area contributed by atoms with Crippen LogP contribution in [0.4, 0.5) is 13.2 Å². The number of hydrogen-bond acceptors (Lipinski definition) is 3. The molecule has 1 N–H and O–H groups in total. The molecule has 0 aliphatic heterocycles. The number of benzene rings is 1. The second-order valence-electron chi connectivity index (χ2n) is 4.42. The van der Waals surface area contributed by atoms with Gasteiger partial charge in [-0.2, -0.15) is 13.2 Å². The van der Waals surface area contributed by atoms with Gasteiger partial charge < -0.3 is 5.32 Å². The highest BCUT2D eigenvalue weighted by molar-refractivity contribution is 7.09. The second-order valence-corrected chi connectivity index (χ2v) is 5.33. The first-order valence-electron chi connectivity index (χ1n) is 6.28. The third-order valence-corrected chi connectivity index (χ3v) is 3.83. The maximum atomic E-state index is 12.7. The summed E-state index contributed by atoms with van der Waals surface area (Å²) < 4.78 is 38.1. The zero-order valence-corrected chi connectivity index (χ0v) is 11.8. The monoisotopic (exact) mass is 300 g/mol. The molecule has 0 radical (unpaired) electrons. The lowest BCUT2D eigenvalue weighted by atomic mass is 10.0. The fourth-order valence-electron chi connectivity index (χ4n) is 2.03. The molecule has 0 saturated carbocycles. The van der Waals surface area contributed by atoms with Gasteiger partial charge in [-0.25, -0.2) is 0 Å². The number of likely N-dealkylation sites (N-methyl/N-ethyl adjacent to an activating group) is 1. The van der Waals surface area contributed by atoms with Gasteiger partial charge in [-0.15, -0.1) is 11.3 Å². The van der Waals surface area contributed by atoms with Crippen molar-refractivity contribution < 1.29 is 13.2 Å². The highest BCUT2D eigenvalue weighted by Gasteiger charge is 2.30. The third-order valence-electron chi connectivity index (χ3n) is 2.94. The van der Waals surface area contributed by atoms with Crippen molar-refractivity contribution in [2.45, 2.75) is 25.6 Å². The minimum absolute atomic E-state index is 0.00372. The molecule has 1 unspecified atom stereocenters. The van der Waals surface area contributed by atoms with Gasteiger partial charge in [-0.3, -0.25) is 4.98 Å². The van der Waals surface area contributed by atoms with E-state index >= 15 is 0 Å². The molecule has 2 aromatic rings. The van der Waals surface area contributed by atoms with Crippen LogP contribution in [0.15, 0.2) is 36.0 Å². The number of nitrogens with zero attached hydrogens (tertiary/aromatic N) is 1. The fourth-order valence-corrected chi connectivity index (χ4v) is 2.72. The van der Waals surface area contributed by atoms with Crippen LogP contribution in [0.2, 0.25) is 0 Å². The van der Waals surface area contributed by atoms with Crippen LogP contribution in [0, 0.1) is 0 Å². The van der Waals surface area contributed by atoms with Gasteiger partial charge in [-0.1, -0.05) is 25.1 Å². The lowest BCUT2D eigenvalue weighted by molar-refractivity contribution is -0.137. The molecule has 0 amide bonds. The van der Waals surface area contributed by atoms with E-state index in [1.807, 2.05) is 6.92 Å². The molecule has 2 nitrogen and oxygen atoms in total. The van der Waals surface area contributed by atoms with Gasteiger partial charge in [-0.05, 0) is 24.6 Å². The molecule has 0 fully saturated rings. The van der Waals surface area contributed by atoms with Gasteiger partial charge in [0, 0.05) is 17.1 Å². The normalized spacial score (nSPS) is 13.4. The first-order chi connectivity index (χ1) is 9.50. The smallest absolute Gasteiger partial charge is 0.309 e. The van der Waals surface area contributed by atoms with Crippen LogP contribution in [0.5, 0.6) is 0 Å². The number of thiazole rings is 1. The number of alkyl halides is 3. The van der Waals surface area contributed by atoms with Gasteiger partial charge in [0.05, 0.1) is 11.1 Å². The van der Waals surface area contributed by atoms with Crippen LogP contribution in [0.1, 0.15) is 29.0 Å². The van der Waals surface area contributed by atoms with E-state index in [4.69, 9.17) is 0 Å². The van der Waals surface area contributed by atoms with Crippen molar-refractivity contribution in [3.8, 4) is 0 Å². The summed E-state index contributed by atoms with van der Waals surface area (Å²) in [7, 11) is 0. The average molecular weight is 300 g/mol. The average Bonchev–Trinajstić information content (AvgIpc) is 2.91. The Bertz CT molecular complexity index is 538. The number of aromatic nitrogens is 1. The maximum absolute atomic E-state index is 12.7. The van der Waals surface area contributed by atoms with Gasteiger partial charge in [0.2, 0.25) is 0 Å². The molecule has 1 heterocycles. The van der Waals surface area contributed by atoms with Crippen LogP contribution in [-0.2, 0) is 12.6 Å². The minimum atomic E-state index is -4.30. The third kappa shape index (κ3) is 3.80. The van der Waals surface area contributed by atoms with Crippen molar-refractivity contribution in [2.75, 3.05) is 6.54 Å². The van der Waals surface area contributed by atoms with Crippen molar-refractivity contribution in [1.29, 1.82) is 0 Å². The predicted octanol–water partition coefficient (Wildman–Crippen LogP) is 4.06. The SMILES string of the molecule is CCNC(Cc1cccc(C(F)(F)F)c1)c1cncs1. The predicted molar refractivity (Wildman–Crippen MR) is 73.7 cm³/mol. The van der Waals surface area contributed by atoms with E-state index in [0.717, 1.165) is 17.5 Å². The van der Waals surface area contributed by atoms with E-state index in [2.05, 4.69) is 10.3 Å². The van der Waals surface area contributed by atoms with Gasteiger partial charge in [0.1, 0.15) is 0 Å². The van der Waals surface area contributed by atoms with E-state index in [0.29, 0.717) is 12.0 Å². The molecule has 0 aliphatic carbocycles. The number of rotatable bonds is 5. The van der Waals surface area contributed by atoms with Crippen molar-refractivity contribution in [3.05, 3.63) is 52.0 Å². The molecule has 6 heteroatoms. The van der Waals surface area contributed by atoms with Crippen molar-refractivity contribution >= 4 is 11.3 Å². The molecule has 1 aromatic carbocycles. The molecule has 108 valence electrons. The topological polar surface area (TPSA) is 24.9 Å². The molecule has 20 heavy (non-hydrogen) atoms. The summed E-state index contributed by atoms with van der Waals surface area (Å²) in [5.74, 6) is 0. The van der Waals surface area contributed by atoms with E-state index in [1.54, 1.807) is 17.8 Å². The Morgan fingerprint density at radius 3 is 2.75 bits per heavy atom. The molecular formula is C14H15F3N2S.